The highest BCUT2D eigenvalue weighted by atomic mass is 32.2. The number of fused-ring (bicyclic) bond motifs is 1. The van der Waals surface area contributed by atoms with E-state index in [1.807, 2.05) is 31.2 Å². The van der Waals surface area contributed by atoms with Crippen LogP contribution in [-0.4, -0.2) is 50.0 Å². The number of benzene rings is 1. The van der Waals surface area contributed by atoms with Gasteiger partial charge in [-0.2, -0.15) is 0 Å². The summed E-state index contributed by atoms with van der Waals surface area (Å²) in [4.78, 5) is 14.3. The van der Waals surface area contributed by atoms with Crippen LogP contribution in [0.5, 0.6) is 5.75 Å². The molecule has 126 valence electrons. The fourth-order valence-electron chi connectivity index (χ4n) is 3.31. The highest BCUT2D eigenvalue weighted by Gasteiger charge is 2.35. The molecule has 0 saturated carbocycles. The van der Waals surface area contributed by atoms with Crippen molar-refractivity contribution in [3.63, 3.8) is 0 Å². The van der Waals surface area contributed by atoms with Crippen LogP contribution in [0.2, 0.25) is 0 Å². The Labute approximate surface area is 136 Å². The zero-order valence-electron chi connectivity index (χ0n) is 13.2. The second kappa shape index (κ2) is 6.39. The number of hydrogen-bond donors (Lipinski definition) is 1. The minimum absolute atomic E-state index is 0.0681. The van der Waals surface area contributed by atoms with Gasteiger partial charge >= 0.3 is 6.03 Å². The summed E-state index contributed by atoms with van der Waals surface area (Å²) in [6.45, 7) is 2.94. The molecule has 0 bridgehead atoms. The molecule has 3 rings (SSSR count). The van der Waals surface area contributed by atoms with Crippen molar-refractivity contribution in [1.82, 2.24) is 10.2 Å². The van der Waals surface area contributed by atoms with Crippen LogP contribution in [0.15, 0.2) is 24.3 Å². The van der Waals surface area contributed by atoms with E-state index in [1.165, 1.54) is 0 Å². The first-order valence-electron chi connectivity index (χ1n) is 7.99. The van der Waals surface area contributed by atoms with Crippen molar-refractivity contribution in [1.29, 1.82) is 0 Å². The van der Waals surface area contributed by atoms with Crippen LogP contribution in [0.1, 0.15) is 31.4 Å². The van der Waals surface area contributed by atoms with Crippen molar-refractivity contribution in [2.75, 3.05) is 24.7 Å². The first kappa shape index (κ1) is 16.1. The molecule has 2 heterocycles. The lowest BCUT2D eigenvalue weighted by atomic mass is 10.0. The van der Waals surface area contributed by atoms with Crippen molar-refractivity contribution < 1.29 is 17.9 Å². The Morgan fingerprint density at radius 1 is 1.35 bits per heavy atom. The van der Waals surface area contributed by atoms with Crippen LogP contribution >= 0.6 is 0 Å². The quantitative estimate of drug-likeness (QED) is 0.911. The van der Waals surface area contributed by atoms with E-state index < -0.39 is 9.84 Å². The number of rotatable bonds is 3. The lowest BCUT2D eigenvalue weighted by molar-refractivity contribution is 0.174. The zero-order valence-corrected chi connectivity index (χ0v) is 14.0. The van der Waals surface area contributed by atoms with Gasteiger partial charge in [0.05, 0.1) is 24.2 Å². The van der Waals surface area contributed by atoms with Gasteiger partial charge in [-0.3, -0.25) is 0 Å². The van der Waals surface area contributed by atoms with E-state index in [1.54, 1.807) is 4.90 Å². The van der Waals surface area contributed by atoms with E-state index in [9.17, 15) is 13.2 Å². The second-order valence-electron chi connectivity index (χ2n) is 6.02. The summed E-state index contributed by atoms with van der Waals surface area (Å²) in [7, 11) is -3.01. The number of nitrogens with one attached hydrogen (secondary N) is 1. The van der Waals surface area contributed by atoms with E-state index in [-0.39, 0.29) is 29.6 Å². The fourth-order valence-corrected chi connectivity index (χ4v) is 5.04. The number of carbonyl (C=O) groups excluding carboxylic acids is 1. The monoisotopic (exact) mass is 338 g/mol. The van der Waals surface area contributed by atoms with Gasteiger partial charge in [0.1, 0.15) is 5.75 Å². The summed E-state index contributed by atoms with van der Waals surface area (Å²) >= 11 is 0. The second-order valence-corrected chi connectivity index (χ2v) is 8.25. The Kier molecular flexibility index (Phi) is 4.48. The molecule has 0 aromatic heterocycles. The summed E-state index contributed by atoms with van der Waals surface area (Å²) in [6.07, 6.45) is 1.23. The molecule has 0 radical (unpaired) electrons. The molecule has 2 amide bonds. The molecule has 23 heavy (non-hydrogen) atoms. The Balaban J connectivity index is 1.71. The maximum absolute atomic E-state index is 12.6. The van der Waals surface area contributed by atoms with Gasteiger partial charge in [0.25, 0.3) is 0 Å². The Morgan fingerprint density at radius 2 is 2.13 bits per heavy atom. The maximum atomic E-state index is 12.6. The number of ether oxygens (including phenoxy) is 1. The fraction of sp³-hybridized carbons (Fsp3) is 0.562. The van der Waals surface area contributed by atoms with Crippen molar-refractivity contribution >= 4 is 15.9 Å². The number of carbonyl (C=O) groups is 1. The van der Waals surface area contributed by atoms with Gasteiger partial charge in [0, 0.05) is 24.6 Å². The highest BCUT2D eigenvalue weighted by molar-refractivity contribution is 7.91. The number of nitrogens with zero attached hydrogens (tertiary/aromatic N) is 1. The third-order valence-corrected chi connectivity index (χ3v) is 6.26. The molecular formula is C16H22N2O4S. The molecule has 2 atom stereocenters. The number of hydrogen-bond acceptors (Lipinski definition) is 4. The maximum Gasteiger partial charge on any atom is 0.318 e. The molecule has 0 spiro atoms. The summed E-state index contributed by atoms with van der Waals surface area (Å²) < 4.78 is 28.9. The summed E-state index contributed by atoms with van der Waals surface area (Å²) in [5.41, 5.74) is 0.974. The van der Waals surface area contributed by atoms with Crippen molar-refractivity contribution in [2.45, 2.75) is 31.8 Å². The number of sulfone groups is 1. The van der Waals surface area contributed by atoms with Gasteiger partial charge in [-0.05, 0) is 19.4 Å². The third kappa shape index (κ3) is 3.44. The van der Waals surface area contributed by atoms with Gasteiger partial charge in [-0.1, -0.05) is 18.2 Å². The van der Waals surface area contributed by atoms with E-state index in [0.29, 0.717) is 26.0 Å². The topological polar surface area (TPSA) is 75.7 Å². The molecule has 1 N–H and O–H groups in total. The van der Waals surface area contributed by atoms with Crippen LogP contribution < -0.4 is 10.1 Å². The zero-order chi connectivity index (χ0) is 16.4. The van der Waals surface area contributed by atoms with Crippen LogP contribution in [0, 0.1) is 0 Å². The standard InChI is InChI=1S/C16H22N2O4S/c1-2-18(12-8-10-23(20,21)11-12)16(19)17-14-7-9-22-15-6-4-3-5-13(14)15/h3-6,12,14H,2,7-11H2,1H3,(H,17,19). The molecule has 2 unspecified atom stereocenters. The van der Waals surface area contributed by atoms with Crippen LogP contribution in [-0.2, 0) is 9.84 Å². The van der Waals surface area contributed by atoms with Gasteiger partial charge in [-0.15, -0.1) is 0 Å². The van der Waals surface area contributed by atoms with Gasteiger partial charge in [0.15, 0.2) is 9.84 Å². The van der Waals surface area contributed by atoms with Crippen LogP contribution in [0.3, 0.4) is 0 Å². The third-order valence-electron chi connectivity index (χ3n) is 4.51. The van der Waals surface area contributed by atoms with Crippen LogP contribution in [0.25, 0.3) is 0 Å². The average Bonchev–Trinajstić information content (AvgIpc) is 2.88. The Morgan fingerprint density at radius 3 is 2.83 bits per heavy atom. The molecule has 1 saturated heterocycles. The van der Waals surface area contributed by atoms with E-state index in [4.69, 9.17) is 4.74 Å². The van der Waals surface area contributed by atoms with Crippen LogP contribution in [0.4, 0.5) is 4.79 Å². The minimum Gasteiger partial charge on any atom is -0.493 e. The van der Waals surface area contributed by atoms with Gasteiger partial charge < -0.3 is 15.0 Å². The smallest absolute Gasteiger partial charge is 0.318 e. The normalized spacial score (nSPS) is 25.3. The molecular weight excluding hydrogens is 316 g/mol. The molecule has 0 aliphatic carbocycles. The Bertz CT molecular complexity index is 689. The predicted octanol–water partition coefficient (Wildman–Crippen LogP) is 1.73. The minimum atomic E-state index is -3.01. The number of amides is 2. The SMILES string of the molecule is CCN(C(=O)NC1CCOc2ccccc21)C1CCS(=O)(=O)C1. The van der Waals surface area contributed by atoms with E-state index >= 15 is 0 Å². The molecule has 1 aromatic carbocycles. The average molecular weight is 338 g/mol. The van der Waals surface area contributed by atoms with Crippen molar-refractivity contribution in [2.24, 2.45) is 0 Å². The predicted molar refractivity (Wildman–Crippen MR) is 87.3 cm³/mol. The van der Waals surface area contributed by atoms with Gasteiger partial charge in [-0.25, -0.2) is 13.2 Å². The first-order chi connectivity index (χ1) is 11.0. The van der Waals surface area contributed by atoms with E-state index in [2.05, 4.69) is 5.32 Å². The highest BCUT2D eigenvalue weighted by Crippen LogP contribution is 2.31. The summed E-state index contributed by atoms with van der Waals surface area (Å²) in [6, 6.07) is 7.17. The molecule has 6 nitrogen and oxygen atoms in total. The molecule has 1 aromatic rings. The first-order valence-corrected chi connectivity index (χ1v) is 9.81. The molecule has 1 fully saturated rings. The summed E-state index contributed by atoms with van der Waals surface area (Å²) in [5, 5.41) is 3.04. The lowest BCUT2D eigenvalue weighted by Crippen LogP contribution is -2.48. The molecule has 7 heteroatoms. The van der Waals surface area contributed by atoms with Crippen molar-refractivity contribution in [3.8, 4) is 5.75 Å². The summed E-state index contributed by atoms with van der Waals surface area (Å²) in [5.74, 6) is 1.04. The van der Waals surface area contributed by atoms with Gasteiger partial charge in [0.2, 0.25) is 0 Å². The lowest BCUT2D eigenvalue weighted by Gasteiger charge is -2.32. The van der Waals surface area contributed by atoms with E-state index in [0.717, 1.165) is 11.3 Å². The number of para-hydroxylation sites is 1. The Hall–Kier alpha value is -1.76. The number of urea groups is 1. The van der Waals surface area contributed by atoms with Crippen molar-refractivity contribution in [3.05, 3.63) is 29.8 Å². The molecule has 2 aliphatic heterocycles. The molecule has 2 aliphatic rings. The largest absolute Gasteiger partial charge is 0.493 e.